The van der Waals surface area contributed by atoms with Crippen LogP contribution in [0.3, 0.4) is 0 Å². The van der Waals surface area contributed by atoms with Gasteiger partial charge in [0.1, 0.15) is 9.96 Å². The third-order valence-corrected chi connectivity index (χ3v) is 9.06. The molecular formula is C24H28N2O4S2. The van der Waals surface area contributed by atoms with E-state index in [1.165, 1.54) is 11.3 Å². The lowest BCUT2D eigenvalue weighted by Gasteiger charge is -2.42. The average molecular weight is 473 g/mol. The van der Waals surface area contributed by atoms with Gasteiger partial charge < -0.3 is 15.1 Å². The number of anilines is 1. The summed E-state index contributed by atoms with van der Waals surface area (Å²) in [6, 6.07) is 18.2. The SMILES string of the molecule is CC(C)(O)c1ccc(N2CCN(S(=O)(=O)c3cccs3)C[C@H]2Cc2cccc(O)c2)cc1. The highest BCUT2D eigenvalue weighted by molar-refractivity contribution is 7.91. The Morgan fingerprint density at radius 3 is 2.44 bits per heavy atom. The van der Waals surface area contributed by atoms with Crippen LogP contribution in [-0.4, -0.2) is 48.6 Å². The molecule has 32 heavy (non-hydrogen) atoms. The molecule has 3 aromatic rings. The predicted octanol–water partition coefficient (Wildman–Crippen LogP) is 3.80. The second-order valence-electron chi connectivity index (χ2n) is 8.62. The van der Waals surface area contributed by atoms with Gasteiger partial charge in [-0.25, -0.2) is 8.42 Å². The number of thiophene rings is 1. The third-order valence-electron chi connectivity index (χ3n) is 5.82. The maximum Gasteiger partial charge on any atom is 0.252 e. The van der Waals surface area contributed by atoms with Crippen LogP contribution in [0.15, 0.2) is 70.3 Å². The lowest BCUT2D eigenvalue weighted by molar-refractivity contribution is 0.0786. The van der Waals surface area contributed by atoms with E-state index >= 15 is 0 Å². The molecule has 0 radical (unpaired) electrons. The van der Waals surface area contributed by atoms with Crippen molar-refractivity contribution in [1.82, 2.24) is 4.31 Å². The first-order chi connectivity index (χ1) is 15.1. The maximum atomic E-state index is 13.1. The number of piperazine rings is 1. The second kappa shape index (κ2) is 8.86. The monoisotopic (exact) mass is 472 g/mol. The summed E-state index contributed by atoms with van der Waals surface area (Å²) < 4.78 is 28.2. The molecule has 0 aliphatic carbocycles. The number of nitrogens with zero attached hydrogens (tertiary/aromatic N) is 2. The van der Waals surface area contributed by atoms with Gasteiger partial charge in [0.05, 0.1) is 5.60 Å². The summed E-state index contributed by atoms with van der Waals surface area (Å²) in [5.41, 5.74) is 1.83. The molecule has 1 aliphatic rings. The topological polar surface area (TPSA) is 81.1 Å². The fourth-order valence-electron chi connectivity index (χ4n) is 4.11. The molecule has 1 aromatic heterocycles. The molecule has 170 valence electrons. The van der Waals surface area contributed by atoms with E-state index in [0.29, 0.717) is 30.3 Å². The van der Waals surface area contributed by atoms with Gasteiger partial charge in [0.25, 0.3) is 10.0 Å². The summed E-state index contributed by atoms with van der Waals surface area (Å²) in [6.07, 6.45) is 0.595. The zero-order chi connectivity index (χ0) is 22.9. The number of hydrogen-bond acceptors (Lipinski definition) is 6. The molecule has 1 atom stereocenters. The molecule has 1 fully saturated rings. The molecule has 2 N–H and O–H groups in total. The van der Waals surface area contributed by atoms with Gasteiger partial charge in [-0.2, -0.15) is 4.31 Å². The number of aliphatic hydroxyl groups is 1. The fourth-order valence-corrected chi connectivity index (χ4v) is 6.73. The van der Waals surface area contributed by atoms with Crippen LogP contribution in [0.5, 0.6) is 5.75 Å². The van der Waals surface area contributed by atoms with Crippen molar-refractivity contribution in [3.05, 3.63) is 77.2 Å². The number of hydrogen-bond donors (Lipinski definition) is 2. The van der Waals surface area contributed by atoms with Crippen molar-refractivity contribution in [2.45, 2.75) is 36.1 Å². The zero-order valence-corrected chi connectivity index (χ0v) is 19.8. The standard InChI is InChI=1S/C24H28N2O4S2/c1-24(2,28)19-8-10-20(11-9-19)26-13-12-25(32(29,30)23-7-4-14-31-23)17-21(26)15-18-5-3-6-22(27)16-18/h3-11,14,16,21,27-28H,12-13,15,17H2,1-2H3/t21-/m1/s1. The van der Waals surface area contributed by atoms with Crippen molar-refractivity contribution in [2.24, 2.45) is 0 Å². The summed E-state index contributed by atoms with van der Waals surface area (Å²) >= 11 is 1.23. The van der Waals surface area contributed by atoms with E-state index in [1.54, 1.807) is 53.9 Å². The molecule has 6 nitrogen and oxygen atoms in total. The molecular weight excluding hydrogens is 444 g/mol. The zero-order valence-electron chi connectivity index (χ0n) is 18.2. The quantitative estimate of drug-likeness (QED) is 0.570. The van der Waals surface area contributed by atoms with E-state index in [4.69, 9.17) is 0 Å². The average Bonchev–Trinajstić information content (AvgIpc) is 3.29. The van der Waals surface area contributed by atoms with Gasteiger partial charge >= 0.3 is 0 Å². The minimum absolute atomic E-state index is 0.103. The van der Waals surface area contributed by atoms with Crippen molar-refractivity contribution in [2.75, 3.05) is 24.5 Å². The Bertz CT molecular complexity index is 1150. The van der Waals surface area contributed by atoms with E-state index in [2.05, 4.69) is 4.90 Å². The van der Waals surface area contributed by atoms with Gasteiger partial charge in [0, 0.05) is 31.4 Å². The first kappa shape index (κ1) is 22.8. The second-order valence-corrected chi connectivity index (χ2v) is 11.7. The molecule has 4 rings (SSSR count). The maximum absolute atomic E-state index is 13.1. The van der Waals surface area contributed by atoms with Crippen molar-refractivity contribution >= 4 is 27.0 Å². The molecule has 0 unspecified atom stereocenters. The molecule has 0 amide bonds. The number of benzene rings is 2. The normalized spacial score (nSPS) is 18.1. The highest BCUT2D eigenvalue weighted by Crippen LogP contribution is 2.30. The van der Waals surface area contributed by atoms with Crippen LogP contribution < -0.4 is 4.90 Å². The van der Waals surface area contributed by atoms with Crippen molar-refractivity contribution in [3.63, 3.8) is 0 Å². The van der Waals surface area contributed by atoms with Crippen LogP contribution in [-0.2, 0) is 22.0 Å². The minimum atomic E-state index is -3.54. The third kappa shape index (κ3) is 4.83. The molecule has 8 heteroatoms. The van der Waals surface area contributed by atoms with E-state index < -0.39 is 15.6 Å². The number of sulfonamides is 1. The first-order valence-electron chi connectivity index (χ1n) is 10.6. The summed E-state index contributed by atoms with van der Waals surface area (Å²) in [7, 11) is -3.54. The summed E-state index contributed by atoms with van der Waals surface area (Å²) in [4.78, 5) is 2.22. The predicted molar refractivity (Wildman–Crippen MR) is 128 cm³/mol. The summed E-state index contributed by atoms with van der Waals surface area (Å²) in [5.74, 6) is 0.197. The highest BCUT2D eigenvalue weighted by atomic mass is 32.2. The van der Waals surface area contributed by atoms with Gasteiger partial charge in [-0.05, 0) is 67.1 Å². The largest absolute Gasteiger partial charge is 0.508 e. The first-order valence-corrected chi connectivity index (χ1v) is 12.9. The van der Waals surface area contributed by atoms with E-state index in [0.717, 1.165) is 16.8 Å². The van der Waals surface area contributed by atoms with Gasteiger partial charge in [-0.15, -0.1) is 11.3 Å². The highest BCUT2D eigenvalue weighted by Gasteiger charge is 2.35. The molecule has 2 heterocycles. The Balaban J connectivity index is 1.63. The molecule has 1 aliphatic heterocycles. The Kier molecular flexibility index (Phi) is 6.31. The van der Waals surface area contributed by atoms with Crippen LogP contribution in [0, 0.1) is 0 Å². The smallest absolute Gasteiger partial charge is 0.252 e. The lowest BCUT2D eigenvalue weighted by atomic mass is 9.97. The van der Waals surface area contributed by atoms with Gasteiger partial charge in [0.15, 0.2) is 0 Å². The van der Waals surface area contributed by atoms with Crippen LogP contribution in [0.2, 0.25) is 0 Å². The van der Waals surface area contributed by atoms with Crippen molar-refractivity contribution < 1.29 is 18.6 Å². The van der Waals surface area contributed by atoms with Crippen LogP contribution >= 0.6 is 11.3 Å². The molecule has 1 saturated heterocycles. The minimum Gasteiger partial charge on any atom is -0.508 e. The van der Waals surface area contributed by atoms with E-state index in [9.17, 15) is 18.6 Å². The van der Waals surface area contributed by atoms with Crippen LogP contribution in [0.1, 0.15) is 25.0 Å². The summed E-state index contributed by atoms with van der Waals surface area (Å²) in [5, 5.41) is 21.9. The lowest BCUT2D eigenvalue weighted by Crippen LogP contribution is -2.55. The molecule has 2 aromatic carbocycles. The number of rotatable bonds is 6. The molecule has 0 bridgehead atoms. The Hall–Kier alpha value is -2.39. The van der Waals surface area contributed by atoms with E-state index in [1.807, 2.05) is 30.3 Å². The Labute approximate surface area is 193 Å². The van der Waals surface area contributed by atoms with Crippen molar-refractivity contribution in [1.29, 1.82) is 0 Å². The van der Waals surface area contributed by atoms with Crippen LogP contribution in [0.4, 0.5) is 5.69 Å². The van der Waals surface area contributed by atoms with Gasteiger partial charge in [-0.1, -0.05) is 30.3 Å². The van der Waals surface area contributed by atoms with Gasteiger partial charge in [0.2, 0.25) is 0 Å². The van der Waals surface area contributed by atoms with Crippen molar-refractivity contribution in [3.8, 4) is 5.75 Å². The molecule has 0 spiro atoms. The van der Waals surface area contributed by atoms with Crippen LogP contribution in [0.25, 0.3) is 0 Å². The summed E-state index contributed by atoms with van der Waals surface area (Å²) in [6.45, 7) is 4.80. The van der Waals surface area contributed by atoms with E-state index in [-0.39, 0.29) is 11.8 Å². The van der Waals surface area contributed by atoms with Gasteiger partial charge in [-0.3, -0.25) is 0 Å². The molecule has 0 saturated carbocycles. The Morgan fingerprint density at radius 1 is 1.06 bits per heavy atom. The number of phenolic OH excluding ortho intramolecular Hbond substituents is 1. The Morgan fingerprint density at radius 2 is 1.81 bits per heavy atom. The fraction of sp³-hybridized carbons (Fsp3) is 0.333. The number of aromatic hydroxyl groups is 1. The number of phenols is 1.